The highest BCUT2D eigenvalue weighted by Crippen LogP contribution is 2.65. The molecule has 0 aliphatic heterocycles. The van der Waals surface area contributed by atoms with Gasteiger partial charge in [0.05, 0.1) is 5.56 Å². The SMILES string of the molecule is CC(=O)C1=C(O)[C@]2(O)C(=O)C3=C(O)c4c(O)c(CC(=O)Cc5ccc(C)cc5C(C)(C)C)cc(C(C)C)c4C[C@]3(C)C[C@]2(C)C(C(C)C)C1=O. The lowest BCUT2D eigenvalue weighted by Gasteiger charge is -2.60. The van der Waals surface area contributed by atoms with Crippen molar-refractivity contribution in [2.75, 3.05) is 0 Å². The zero-order valence-corrected chi connectivity index (χ0v) is 31.3. The molecule has 268 valence electrons. The summed E-state index contributed by atoms with van der Waals surface area (Å²) in [5.74, 6) is -5.84. The van der Waals surface area contributed by atoms with Gasteiger partial charge in [0.15, 0.2) is 17.2 Å². The zero-order valence-electron chi connectivity index (χ0n) is 31.3. The van der Waals surface area contributed by atoms with E-state index in [0.29, 0.717) is 11.1 Å². The van der Waals surface area contributed by atoms with Gasteiger partial charge in [-0.1, -0.05) is 92.1 Å². The summed E-state index contributed by atoms with van der Waals surface area (Å²) in [5, 5.41) is 47.7. The molecule has 2 aromatic carbocycles. The molecule has 50 heavy (non-hydrogen) atoms. The lowest BCUT2D eigenvalue weighted by atomic mass is 9.43. The molecular weight excluding hydrogens is 632 g/mol. The van der Waals surface area contributed by atoms with Gasteiger partial charge < -0.3 is 20.4 Å². The van der Waals surface area contributed by atoms with E-state index in [1.807, 2.05) is 39.0 Å². The van der Waals surface area contributed by atoms with E-state index in [0.717, 1.165) is 29.2 Å². The van der Waals surface area contributed by atoms with Gasteiger partial charge in [-0.25, -0.2) is 0 Å². The van der Waals surface area contributed by atoms with Crippen LogP contribution in [0.4, 0.5) is 0 Å². The molecule has 3 aliphatic rings. The minimum absolute atomic E-state index is 0.0239. The van der Waals surface area contributed by atoms with Crippen LogP contribution in [0, 0.1) is 29.6 Å². The van der Waals surface area contributed by atoms with E-state index in [-0.39, 0.29) is 59.7 Å². The Hall–Kier alpha value is -4.04. The van der Waals surface area contributed by atoms with Crippen LogP contribution in [0.15, 0.2) is 41.2 Å². The van der Waals surface area contributed by atoms with Crippen LogP contribution < -0.4 is 0 Å². The third kappa shape index (κ3) is 5.37. The van der Waals surface area contributed by atoms with Gasteiger partial charge in [-0.2, -0.15) is 0 Å². The summed E-state index contributed by atoms with van der Waals surface area (Å²) in [5.41, 5.74) is -1.45. The molecule has 5 rings (SSSR count). The van der Waals surface area contributed by atoms with Crippen molar-refractivity contribution in [3.8, 4) is 5.75 Å². The van der Waals surface area contributed by atoms with Gasteiger partial charge in [0.2, 0.25) is 5.78 Å². The Morgan fingerprint density at radius 1 is 0.960 bits per heavy atom. The topological polar surface area (TPSA) is 149 Å². The maximum atomic E-state index is 14.7. The molecule has 0 spiro atoms. The van der Waals surface area contributed by atoms with E-state index >= 15 is 0 Å². The molecule has 4 atom stereocenters. The van der Waals surface area contributed by atoms with Crippen molar-refractivity contribution >= 4 is 28.9 Å². The third-order valence-corrected chi connectivity index (χ3v) is 11.6. The van der Waals surface area contributed by atoms with E-state index in [9.17, 15) is 39.6 Å². The Morgan fingerprint density at radius 3 is 2.10 bits per heavy atom. The third-order valence-electron chi connectivity index (χ3n) is 11.6. The van der Waals surface area contributed by atoms with Crippen molar-refractivity contribution in [3.05, 3.63) is 80.1 Å². The van der Waals surface area contributed by atoms with Crippen molar-refractivity contribution in [1.29, 1.82) is 0 Å². The number of phenols is 1. The second-order valence-electron chi connectivity index (χ2n) is 17.2. The fourth-order valence-corrected chi connectivity index (χ4v) is 9.55. The van der Waals surface area contributed by atoms with Crippen LogP contribution in [0.5, 0.6) is 5.75 Å². The Labute approximate surface area is 295 Å². The molecule has 1 unspecified atom stereocenters. The van der Waals surface area contributed by atoms with Gasteiger partial charge in [-0.05, 0) is 66.2 Å². The van der Waals surface area contributed by atoms with Crippen molar-refractivity contribution in [2.24, 2.45) is 22.7 Å². The number of fused-ring (bicyclic) bond motifs is 3. The minimum atomic E-state index is -2.68. The number of aromatic hydroxyl groups is 1. The Balaban J connectivity index is 1.68. The molecule has 8 heteroatoms. The number of carbonyl (C=O) groups excluding carboxylic acids is 4. The second kappa shape index (κ2) is 12.0. The van der Waals surface area contributed by atoms with Crippen LogP contribution in [0.3, 0.4) is 0 Å². The number of allylic oxidation sites excluding steroid dienone is 1. The van der Waals surface area contributed by atoms with Gasteiger partial charge in [-0.15, -0.1) is 0 Å². The van der Waals surface area contributed by atoms with Crippen LogP contribution in [-0.4, -0.2) is 49.2 Å². The number of rotatable bonds is 7. The smallest absolute Gasteiger partial charge is 0.203 e. The molecule has 0 radical (unpaired) electrons. The number of aliphatic hydroxyl groups excluding tert-OH is 2. The average molecular weight is 685 g/mol. The average Bonchev–Trinajstić information content (AvgIpc) is 2.96. The first kappa shape index (κ1) is 37.2. The van der Waals surface area contributed by atoms with E-state index < -0.39 is 62.7 Å². The first-order valence-corrected chi connectivity index (χ1v) is 17.6. The molecule has 0 bridgehead atoms. The molecule has 4 N–H and O–H groups in total. The highest BCUT2D eigenvalue weighted by Gasteiger charge is 2.72. The minimum Gasteiger partial charge on any atom is -0.508 e. The van der Waals surface area contributed by atoms with Gasteiger partial charge in [0.1, 0.15) is 28.6 Å². The van der Waals surface area contributed by atoms with Crippen LogP contribution in [0.2, 0.25) is 0 Å². The van der Waals surface area contributed by atoms with Crippen molar-refractivity contribution in [3.63, 3.8) is 0 Å². The van der Waals surface area contributed by atoms with E-state index in [1.165, 1.54) is 0 Å². The Kier molecular flexibility index (Phi) is 8.96. The van der Waals surface area contributed by atoms with Crippen LogP contribution in [0.25, 0.3) is 5.76 Å². The molecule has 2 aromatic rings. The monoisotopic (exact) mass is 684 g/mol. The normalized spacial score (nSPS) is 26.7. The van der Waals surface area contributed by atoms with E-state index in [1.54, 1.807) is 27.7 Å². The first-order valence-electron chi connectivity index (χ1n) is 17.6. The summed E-state index contributed by atoms with van der Waals surface area (Å²) in [7, 11) is 0. The summed E-state index contributed by atoms with van der Waals surface area (Å²) in [4.78, 5) is 54.8. The molecule has 3 aliphatic carbocycles. The quantitative estimate of drug-likeness (QED) is 0.223. The number of ketones is 4. The molecular formula is C42H52O8. The summed E-state index contributed by atoms with van der Waals surface area (Å²) < 4.78 is 0. The summed E-state index contributed by atoms with van der Waals surface area (Å²) >= 11 is 0. The second-order valence-corrected chi connectivity index (χ2v) is 17.2. The fourth-order valence-electron chi connectivity index (χ4n) is 9.55. The summed E-state index contributed by atoms with van der Waals surface area (Å²) in [6.45, 7) is 20.3. The molecule has 1 fully saturated rings. The molecule has 0 heterocycles. The summed E-state index contributed by atoms with van der Waals surface area (Å²) in [6.07, 6.45) is 0.247. The van der Waals surface area contributed by atoms with Crippen molar-refractivity contribution in [1.82, 2.24) is 0 Å². The van der Waals surface area contributed by atoms with Crippen LogP contribution >= 0.6 is 0 Å². The number of carbonyl (C=O) groups is 4. The fraction of sp³-hybridized carbons (Fsp3) is 0.524. The van der Waals surface area contributed by atoms with Crippen LogP contribution in [0.1, 0.15) is 121 Å². The van der Waals surface area contributed by atoms with E-state index in [2.05, 4.69) is 26.8 Å². The predicted molar refractivity (Wildman–Crippen MR) is 192 cm³/mol. The number of aryl methyl sites for hydroxylation is 1. The molecule has 1 saturated carbocycles. The lowest BCUT2D eigenvalue weighted by molar-refractivity contribution is -0.178. The van der Waals surface area contributed by atoms with Gasteiger partial charge in [-0.3, -0.25) is 19.2 Å². The number of Topliss-reactive ketones (excluding diaryl/α,β-unsaturated/α-hetero) is 4. The Morgan fingerprint density at radius 2 is 1.56 bits per heavy atom. The van der Waals surface area contributed by atoms with E-state index in [4.69, 9.17) is 0 Å². The van der Waals surface area contributed by atoms with Gasteiger partial charge in [0.25, 0.3) is 0 Å². The number of hydrogen-bond donors (Lipinski definition) is 4. The van der Waals surface area contributed by atoms with Gasteiger partial charge in [0, 0.05) is 40.7 Å². The first-order chi connectivity index (χ1) is 22.9. The largest absolute Gasteiger partial charge is 0.508 e. The maximum Gasteiger partial charge on any atom is 0.203 e. The number of hydrogen-bond acceptors (Lipinski definition) is 8. The van der Waals surface area contributed by atoms with Crippen molar-refractivity contribution in [2.45, 2.75) is 119 Å². The van der Waals surface area contributed by atoms with Crippen molar-refractivity contribution < 1.29 is 39.6 Å². The highest BCUT2D eigenvalue weighted by molar-refractivity contribution is 6.24. The molecule has 8 nitrogen and oxygen atoms in total. The lowest BCUT2D eigenvalue weighted by Crippen LogP contribution is -2.69. The number of benzene rings is 2. The molecule has 0 aromatic heterocycles. The van der Waals surface area contributed by atoms with Gasteiger partial charge >= 0.3 is 0 Å². The summed E-state index contributed by atoms with van der Waals surface area (Å²) in [6, 6.07) is 7.85. The molecule has 0 amide bonds. The highest BCUT2D eigenvalue weighted by atomic mass is 16.3. The molecule has 0 saturated heterocycles. The Bertz CT molecular complexity index is 1920. The predicted octanol–water partition coefficient (Wildman–Crippen LogP) is 7.27. The maximum absolute atomic E-state index is 14.7. The number of aliphatic hydroxyl groups is 3. The zero-order chi connectivity index (χ0) is 37.6. The number of phenolic OH excluding ortho intramolecular Hbond substituents is 1. The standard InChI is InChI=1S/C42H52O8/c1-20(2)27-17-25(16-26(44)15-24-13-12-22(5)14-29(24)39(7,8)9)34(45)31-28(27)18-40(10)19-41(11)32(21(3)4)35(46)30(23(6)43)37(48)42(41,50)38(49)33(40)36(31)47/h12-14,17,20-21,32,45,47-48,50H,15-16,18-19H2,1-11H3/t32?,40-,41-,42+/m1/s1. The van der Waals surface area contributed by atoms with Crippen LogP contribution in [-0.2, 0) is 43.9 Å².